The summed E-state index contributed by atoms with van der Waals surface area (Å²) in [5.74, 6) is 2.30. The minimum absolute atomic E-state index is 0.543. The van der Waals surface area contributed by atoms with Gasteiger partial charge in [0.2, 0.25) is 0 Å². The van der Waals surface area contributed by atoms with Crippen LogP contribution in [0.15, 0.2) is 203 Å². The van der Waals surface area contributed by atoms with E-state index < -0.39 is 0 Å². The van der Waals surface area contributed by atoms with Gasteiger partial charge in [0.05, 0.1) is 11.0 Å². The van der Waals surface area contributed by atoms with Gasteiger partial charge in [-0.2, -0.15) is 0 Å². The van der Waals surface area contributed by atoms with E-state index in [1.165, 1.54) is 0 Å². The standard InChI is InChI=1S/C55H32N6O2/c1-4-15-33(16-5-1)49-51-50(40-22-11-13-25-45(40)63-51)57-55(56-49)41-23-14-26-46-48(41)39-29-27-36(32-47(39)62-46)54-59-52(34-17-6-2-7-18-34)58-53(60-54)35-28-30-44-42(31-35)38-21-10-12-24-43(38)61(44)37-19-8-3-9-20-37/h1-32H. The van der Waals surface area contributed by atoms with Gasteiger partial charge in [-0.05, 0) is 66.7 Å². The fourth-order valence-corrected chi connectivity index (χ4v) is 8.97. The van der Waals surface area contributed by atoms with Crippen LogP contribution in [0.25, 0.3) is 128 Å². The highest BCUT2D eigenvalue weighted by atomic mass is 16.3. The predicted octanol–water partition coefficient (Wildman–Crippen LogP) is 13.9. The van der Waals surface area contributed by atoms with E-state index in [1.807, 2.05) is 109 Å². The van der Waals surface area contributed by atoms with Gasteiger partial charge >= 0.3 is 0 Å². The summed E-state index contributed by atoms with van der Waals surface area (Å²) in [7, 11) is 0. The number of rotatable bonds is 6. The van der Waals surface area contributed by atoms with Gasteiger partial charge in [-0.3, -0.25) is 0 Å². The quantitative estimate of drug-likeness (QED) is 0.165. The first-order valence-corrected chi connectivity index (χ1v) is 20.8. The molecule has 63 heavy (non-hydrogen) atoms. The van der Waals surface area contributed by atoms with E-state index in [0.717, 1.165) is 93.8 Å². The van der Waals surface area contributed by atoms with Crippen LogP contribution in [0.5, 0.6) is 0 Å². The number of hydrogen-bond acceptors (Lipinski definition) is 7. The molecule has 0 aliphatic rings. The highest BCUT2D eigenvalue weighted by molar-refractivity contribution is 6.14. The second-order valence-corrected chi connectivity index (χ2v) is 15.6. The molecular weight excluding hydrogens is 777 g/mol. The number of para-hydroxylation sites is 3. The topological polar surface area (TPSA) is 95.7 Å². The van der Waals surface area contributed by atoms with E-state index in [4.69, 9.17) is 33.8 Å². The third-order valence-electron chi connectivity index (χ3n) is 11.9. The molecule has 0 unspecified atom stereocenters. The molecule has 0 saturated heterocycles. The van der Waals surface area contributed by atoms with Gasteiger partial charge in [0.15, 0.2) is 28.9 Å². The van der Waals surface area contributed by atoms with E-state index in [1.54, 1.807) is 0 Å². The van der Waals surface area contributed by atoms with E-state index in [9.17, 15) is 0 Å². The monoisotopic (exact) mass is 808 g/mol. The maximum absolute atomic E-state index is 6.64. The average molecular weight is 809 g/mol. The first-order chi connectivity index (χ1) is 31.2. The van der Waals surface area contributed by atoms with Gasteiger partial charge in [0.1, 0.15) is 28.0 Å². The highest BCUT2D eigenvalue weighted by Gasteiger charge is 2.22. The Morgan fingerprint density at radius 3 is 1.76 bits per heavy atom. The van der Waals surface area contributed by atoms with Crippen molar-refractivity contribution in [3.63, 3.8) is 0 Å². The molecule has 0 saturated carbocycles. The van der Waals surface area contributed by atoms with Crippen molar-refractivity contribution >= 4 is 65.8 Å². The molecule has 0 amide bonds. The van der Waals surface area contributed by atoms with Gasteiger partial charge in [-0.15, -0.1) is 0 Å². The van der Waals surface area contributed by atoms with Crippen LogP contribution in [-0.2, 0) is 0 Å². The lowest BCUT2D eigenvalue weighted by molar-refractivity contribution is 0.667. The molecule has 13 aromatic rings. The van der Waals surface area contributed by atoms with E-state index >= 15 is 0 Å². The summed E-state index contributed by atoms with van der Waals surface area (Å²) in [6.45, 7) is 0. The van der Waals surface area contributed by atoms with Crippen LogP contribution in [0.4, 0.5) is 0 Å². The van der Waals surface area contributed by atoms with E-state index in [0.29, 0.717) is 34.5 Å². The van der Waals surface area contributed by atoms with Gasteiger partial charge in [-0.25, -0.2) is 24.9 Å². The maximum Gasteiger partial charge on any atom is 0.180 e. The number of furan rings is 2. The van der Waals surface area contributed by atoms with Crippen LogP contribution >= 0.6 is 0 Å². The summed E-state index contributed by atoms with van der Waals surface area (Å²) in [5.41, 5.74) is 12.1. The van der Waals surface area contributed by atoms with Crippen molar-refractivity contribution in [3.8, 4) is 62.5 Å². The van der Waals surface area contributed by atoms with Crippen LogP contribution in [0.2, 0.25) is 0 Å². The molecule has 8 heteroatoms. The zero-order chi connectivity index (χ0) is 41.4. The van der Waals surface area contributed by atoms with Gasteiger partial charge < -0.3 is 13.4 Å². The van der Waals surface area contributed by atoms with Crippen molar-refractivity contribution in [2.24, 2.45) is 0 Å². The third kappa shape index (κ3) is 5.66. The normalized spacial score (nSPS) is 11.8. The van der Waals surface area contributed by atoms with Gasteiger partial charge in [-0.1, -0.05) is 127 Å². The summed E-state index contributed by atoms with van der Waals surface area (Å²) >= 11 is 0. The number of fused-ring (bicyclic) bond motifs is 9. The Morgan fingerprint density at radius 1 is 0.349 bits per heavy atom. The molecule has 0 aliphatic carbocycles. The minimum atomic E-state index is 0.543. The Kier molecular flexibility index (Phi) is 7.74. The number of nitrogens with zero attached hydrogens (tertiary/aromatic N) is 6. The second kappa shape index (κ2) is 13.9. The summed E-state index contributed by atoms with van der Waals surface area (Å²) < 4.78 is 15.3. The molecule has 0 atom stereocenters. The number of aromatic nitrogens is 6. The van der Waals surface area contributed by atoms with Crippen LogP contribution in [0.1, 0.15) is 0 Å². The molecule has 0 bridgehead atoms. The van der Waals surface area contributed by atoms with Crippen LogP contribution in [-0.4, -0.2) is 29.5 Å². The molecule has 294 valence electrons. The molecule has 0 radical (unpaired) electrons. The average Bonchev–Trinajstić information content (AvgIpc) is 4.03. The zero-order valence-corrected chi connectivity index (χ0v) is 33.5. The van der Waals surface area contributed by atoms with Crippen molar-refractivity contribution in [3.05, 3.63) is 194 Å². The lowest BCUT2D eigenvalue weighted by Gasteiger charge is -2.10. The Bertz CT molecular complexity index is 3910. The molecular formula is C55H32N6O2. The molecule has 0 spiro atoms. The number of benzene rings is 8. The van der Waals surface area contributed by atoms with Gasteiger partial charge in [0, 0.05) is 60.4 Å². The summed E-state index contributed by atoms with van der Waals surface area (Å²) in [4.78, 5) is 25.7. The molecule has 0 aliphatic heterocycles. The third-order valence-corrected chi connectivity index (χ3v) is 11.9. The first kappa shape index (κ1) is 35.0. The lowest BCUT2D eigenvalue weighted by Crippen LogP contribution is -2.00. The predicted molar refractivity (Wildman–Crippen MR) is 251 cm³/mol. The summed E-state index contributed by atoms with van der Waals surface area (Å²) in [5, 5.41) is 5.08. The second-order valence-electron chi connectivity index (χ2n) is 15.6. The highest BCUT2D eigenvalue weighted by Crippen LogP contribution is 2.41. The van der Waals surface area contributed by atoms with Crippen molar-refractivity contribution < 1.29 is 8.83 Å². The molecule has 8 nitrogen and oxygen atoms in total. The maximum atomic E-state index is 6.64. The molecule has 0 fully saturated rings. The van der Waals surface area contributed by atoms with E-state index in [-0.39, 0.29) is 0 Å². The Balaban J connectivity index is 0.971. The number of hydrogen-bond donors (Lipinski definition) is 0. The molecule has 13 rings (SSSR count). The summed E-state index contributed by atoms with van der Waals surface area (Å²) in [6, 6.07) is 65.8. The molecule has 5 aromatic heterocycles. The molecule has 0 N–H and O–H groups in total. The Hall–Kier alpha value is -8.75. The summed E-state index contributed by atoms with van der Waals surface area (Å²) in [6.07, 6.45) is 0. The van der Waals surface area contributed by atoms with Crippen molar-refractivity contribution in [1.29, 1.82) is 0 Å². The van der Waals surface area contributed by atoms with Crippen molar-refractivity contribution in [2.75, 3.05) is 0 Å². The Morgan fingerprint density at radius 2 is 0.968 bits per heavy atom. The zero-order valence-electron chi connectivity index (χ0n) is 33.5. The van der Waals surface area contributed by atoms with Crippen molar-refractivity contribution in [2.45, 2.75) is 0 Å². The van der Waals surface area contributed by atoms with Gasteiger partial charge in [0.25, 0.3) is 0 Å². The fourth-order valence-electron chi connectivity index (χ4n) is 8.97. The Labute approximate surface area is 359 Å². The van der Waals surface area contributed by atoms with Crippen LogP contribution < -0.4 is 0 Å². The minimum Gasteiger partial charge on any atom is -0.456 e. The first-order valence-electron chi connectivity index (χ1n) is 20.8. The smallest absolute Gasteiger partial charge is 0.180 e. The molecule has 5 heterocycles. The van der Waals surface area contributed by atoms with E-state index in [2.05, 4.69) is 89.5 Å². The molecule has 8 aromatic carbocycles. The fraction of sp³-hybridized carbons (Fsp3) is 0. The SMILES string of the molecule is c1ccc(-c2nc(-c3ccc4c(c3)oc3cccc(-c5nc(-c6ccccc6)c6oc7ccccc7c6n5)c34)nc(-c3ccc4c(c3)c3ccccc3n4-c3ccccc3)n2)cc1. The van der Waals surface area contributed by atoms with Crippen molar-refractivity contribution in [1.82, 2.24) is 29.5 Å². The van der Waals surface area contributed by atoms with Crippen LogP contribution in [0, 0.1) is 0 Å². The largest absolute Gasteiger partial charge is 0.456 e. The lowest BCUT2D eigenvalue weighted by atomic mass is 10.0. The van der Waals surface area contributed by atoms with Crippen LogP contribution in [0.3, 0.4) is 0 Å².